The first kappa shape index (κ1) is 13.1. The Morgan fingerprint density at radius 3 is 2.50 bits per heavy atom. The molecule has 0 radical (unpaired) electrons. The van der Waals surface area contributed by atoms with E-state index in [1.165, 1.54) is 0 Å². The van der Waals surface area contributed by atoms with Crippen molar-refractivity contribution < 1.29 is 27.9 Å². The summed E-state index contributed by atoms with van der Waals surface area (Å²) in [4.78, 5) is 23.0. The van der Waals surface area contributed by atoms with Crippen molar-refractivity contribution in [2.24, 2.45) is 5.41 Å². The van der Waals surface area contributed by atoms with Crippen LogP contribution in [-0.2, 0) is 22.9 Å². The van der Waals surface area contributed by atoms with Gasteiger partial charge in [-0.05, 0) is 6.42 Å². The summed E-state index contributed by atoms with van der Waals surface area (Å²) in [5.41, 5.74) is -3.22. The molecular formula is C12H11F3N2O3. The van der Waals surface area contributed by atoms with Crippen LogP contribution in [0.1, 0.15) is 42.0 Å². The maximum Gasteiger partial charge on any atom is 0.435 e. The number of hydrogen-bond acceptors (Lipinski definition) is 3. The molecule has 2 aliphatic rings. The van der Waals surface area contributed by atoms with Gasteiger partial charge >= 0.3 is 12.1 Å². The van der Waals surface area contributed by atoms with Crippen LogP contribution in [0.15, 0.2) is 0 Å². The lowest BCUT2D eigenvalue weighted by atomic mass is 9.95. The van der Waals surface area contributed by atoms with Crippen LogP contribution in [0.2, 0.25) is 0 Å². The fourth-order valence-electron chi connectivity index (χ4n) is 3.28. The van der Waals surface area contributed by atoms with Crippen LogP contribution in [-0.4, -0.2) is 26.6 Å². The maximum absolute atomic E-state index is 13.1. The summed E-state index contributed by atoms with van der Waals surface area (Å²) in [5.74, 6) is -1.79. The molecule has 1 N–H and O–H groups in total. The van der Waals surface area contributed by atoms with Gasteiger partial charge in [0.15, 0.2) is 11.5 Å². The molecule has 20 heavy (non-hydrogen) atoms. The molecule has 0 bridgehead atoms. The number of halogens is 3. The summed E-state index contributed by atoms with van der Waals surface area (Å²) in [5, 5.41) is 12.1. The molecule has 108 valence electrons. The molecule has 1 aromatic heterocycles. The zero-order valence-electron chi connectivity index (χ0n) is 10.7. The summed E-state index contributed by atoms with van der Waals surface area (Å²) in [7, 11) is 0. The number of aromatic nitrogens is 2. The predicted octanol–water partition coefficient (Wildman–Crippen LogP) is 1.85. The largest absolute Gasteiger partial charge is 0.480 e. The highest BCUT2D eigenvalue weighted by Gasteiger charge is 2.74. The van der Waals surface area contributed by atoms with Gasteiger partial charge in [0, 0.05) is 16.4 Å². The molecule has 2 aliphatic carbocycles. The van der Waals surface area contributed by atoms with E-state index in [0.29, 0.717) is 11.1 Å². The SMILES string of the molecule is C[C@@]12C[C@@]1(C)c1c(C(F)(F)F)nn(CC(=O)O)c1C2=O. The number of hydrogen-bond donors (Lipinski definition) is 1. The van der Waals surface area contributed by atoms with Gasteiger partial charge in [0.05, 0.1) is 0 Å². The van der Waals surface area contributed by atoms with E-state index >= 15 is 0 Å². The van der Waals surface area contributed by atoms with Crippen LogP contribution in [0.5, 0.6) is 0 Å². The van der Waals surface area contributed by atoms with Gasteiger partial charge in [-0.2, -0.15) is 18.3 Å². The first-order valence-corrected chi connectivity index (χ1v) is 5.97. The molecule has 1 aromatic rings. The number of carboxylic acid groups (broad SMARTS) is 1. The van der Waals surface area contributed by atoms with Gasteiger partial charge in [0.1, 0.15) is 12.2 Å². The van der Waals surface area contributed by atoms with Crippen molar-refractivity contribution in [3.8, 4) is 0 Å². The van der Waals surface area contributed by atoms with Crippen molar-refractivity contribution in [2.45, 2.75) is 38.4 Å². The van der Waals surface area contributed by atoms with Crippen molar-refractivity contribution in [2.75, 3.05) is 0 Å². The first-order chi connectivity index (χ1) is 9.02. The summed E-state index contributed by atoms with van der Waals surface area (Å²) in [6, 6.07) is 0. The fraction of sp³-hybridized carbons (Fsp3) is 0.583. The van der Waals surface area contributed by atoms with Crippen LogP contribution < -0.4 is 0 Å². The second-order valence-electron chi connectivity index (χ2n) is 5.79. The van der Waals surface area contributed by atoms with Crippen molar-refractivity contribution in [1.29, 1.82) is 0 Å². The molecule has 2 atom stereocenters. The van der Waals surface area contributed by atoms with Gasteiger partial charge < -0.3 is 5.11 Å². The molecule has 3 rings (SSSR count). The topological polar surface area (TPSA) is 72.2 Å². The van der Waals surface area contributed by atoms with E-state index in [4.69, 9.17) is 5.11 Å². The highest BCUT2D eigenvalue weighted by Crippen LogP contribution is 2.72. The lowest BCUT2D eigenvalue weighted by molar-refractivity contribution is -0.143. The number of carbonyl (C=O) groups is 2. The third-order valence-electron chi connectivity index (χ3n) is 4.57. The van der Waals surface area contributed by atoms with Gasteiger partial charge in [-0.15, -0.1) is 0 Å². The van der Waals surface area contributed by atoms with E-state index in [-0.39, 0.29) is 11.3 Å². The van der Waals surface area contributed by atoms with E-state index < -0.39 is 41.0 Å². The Morgan fingerprint density at radius 2 is 2.00 bits per heavy atom. The van der Waals surface area contributed by atoms with Gasteiger partial charge in [-0.1, -0.05) is 13.8 Å². The number of fused-ring (bicyclic) bond motifs is 3. The molecule has 0 amide bonds. The van der Waals surface area contributed by atoms with Gasteiger partial charge in [-0.25, -0.2) is 4.68 Å². The molecule has 0 aromatic carbocycles. The van der Waals surface area contributed by atoms with E-state index in [1.54, 1.807) is 13.8 Å². The fourth-order valence-corrected chi connectivity index (χ4v) is 3.28. The third kappa shape index (κ3) is 1.31. The zero-order chi connectivity index (χ0) is 15.1. The Bertz CT molecular complexity index is 664. The standard InChI is InChI=1S/C12H11F3N2O3/c1-10-4-11(10,2)9(20)7-6(10)8(12(13,14)15)16-17(7)3-5(18)19/h3-4H2,1-2H3,(H,18,19)/t10-,11-/m0/s1. The van der Waals surface area contributed by atoms with Crippen LogP contribution in [0.25, 0.3) is 0 Å². The number of Topliss-reactive ketones (excluding diaryl/α,β-unsaturated/α-hetero) is 1. The zero-order valence-corrected chi connectivity index (χ0v) is 10.7. The summed E-state index contributed by atoms with van der Waals surface area (Å²) >= 11 is 0. The Hall–Kier alpha value is -1.86. The average molecular weight is 288 g/mol. The second kappa shape index (κ2) is 3.24. The van der Waals surface area contributed by atoms with E-state index in [9.17, 15) is 22.8 Å². The van der Waals surface area contributed by atoms with Crippen LogP contribution in [0.4, 0.5) is 13.2 Å². The molecule has 1 heterocycles. The molecule has 8 heteroatoms. The number of nitrogens with zero attached hydrogens (tertiary/aromatic N) is 2. The minimum absolute atomic E-state index is 0.140. The molecular weight excluding hydrogens is 277 g/mol. The highest BCUT2D eigenvalue weighted by molar-refractivity contribution is 6.09. The lowest BCUT2D eigenvalue weighted by Gasteiger charge is -2.11. The van der Waals surface area contributed by atoms with Crippen LogP contribution in [0, 0.1) is 5.41 Å². The van der Waals surface area contributed by atoms with E-state index in [2.05, 4.69) is 5.10 Å². The highest BCUT2D eigenvalue weighted by atomic mass is 19.4. The number of aliphatic carboxylic acids is 1. The Labute approximate surface area is 111 Å². The molecule has 5 nitrogen and oxygen atoms in total. The van der Waals surface area contributed by atoms with Crippen molar-refractivity contribution >= 4 is 11.8 Å². The van der Waals surface area contributed by atoms with Gasteiger partial charge in [0.2, 0.25) is 0 Å². The average Bonchev–Trinajstić information content (AvgIpc) is 2.62. The number of alkyl halides is 3. The number of carbonyl (C=O) groups excluding carboxylic acids is 1. The maximum atomic E-state index is 13.1. The first-order valence-electron chi connectivity index (χ1n) is 5.97. The monoisotopic (exact) mass is 288 g/mol. The second-order valence-corrected chi connectivity index (χ2v) is 5.79. The Kier molecular flexibility index (Phi) is 2.13. The molecule has 0 unspecified atom stereocenters. The Morgan fingerprint density at radius 1 is 1.40 bits per heavy atom. The molecule has 0 spiro atoms. The lowest BCUT2D eigenvalue weighted by Crippen LogP contribution is -2.21. The van der Waals surface area contributed by atoms with E-state index in [1.807, 2.05) is 0 Å². The van der Waals surface area contributed by atoms with Crippen LogP contribution >= 0.6 is 0 Å². The molecule has 1 fully saturated rings. The summed E-state index contributed by atoms with van der Waals surface area (Å²) < 4.78 is 39.9. The molecule has 1 saturated carbocycles. The smallest absolute Gasteiger partial charge is 0.435 e. The third-order valence-corrected chi connectivity index (χ3v) is 4.57. The number of rotatable bonds is 2. The van der Waals surface area contributed by atoms with E-state index in [0.717, 1.165) is 0 Å². The predicted molar refractivity (Wildman–Crippen MR) is 59.3 cm³/mol. The molecule has 0 saturated heterocycles. The summed E-state index contributed by atoms with van der Waals surface area (Å²) in [6.45, 7) is 2.45. The van der Waals surface area contributed by atoms with Crippen molar-refractivity contribution in [3.05, 3.63) is 17.0 Å². The quantitative estimate of drug-likeness (QED) is 0.901. The minimum atomic E-state index is -4.70. The van der Waals surface area contributed by atoms with Crippen molar-refractivity contribution in [3.63, 3.8) is 0 Å². The normalized spacial score (nSPS) is 31.1. The number of carboxylic acids is 1. The van der Waals surface area contributed by atoms with Crippen LogP contribution in [0.3, 0.4) is 0 Å². The minimum Gasteiger partial charge on any atom is -0.480 e. The van der Waals surface area contributed by atoms with Gasteiger partial charge in [-0.3, -0.25) is 9.59 Å². The Balaban J connectivity index is 2.26. The molecule has 0 aliphatic heterocycles. The number of ketones is 1. The van der Waals surface area contributed by atoms with Crippen molar-refractivity contribution in [1.82, 2.24) is 9.78 Å². The van der Waals surface area contributed by atoms with Gasteiger partial charge in [0.25, 0.3) is 0 Å². The summed E-state index contributed by atoms with van der Waals surface area (Å²) in [6.07, 6.45) is -4.36.